The summed E-state index contributed by atoms with van der Waals surface area (Å²) in [4.78, 5) is 11.6. The number of carbonyl (C=O) groups is 1. The van der Waals surface area contributed by atoms with Crippen molar-refractivity contribution in [3.63, 3.8) is 0 Å². The lowest BCUT2D eigenvalue weighted by atomic mass is 10.1. The molecule has 0 unspecified atom stereocenters. The van der Waals surface area contributed by atoms with Crippen molar-refractivity contribution in [2.24, 2.45) is 0 Å². The topological polar surface area (TPSA) is 26.3 Å². The Balaban J connectivity index is 3.02. The molecule has 0 amide bonds. The van der Waals surface area contributed by atoms with Crippen molar-refractivity contribution in [3.05, 3.63) is 28.8 Å². The molecule has 0 fully saturated rings. The molecule has 1 rings (SSSR count). The van der Waals surface area contributed by atoms with Crippen LogP contribution in [0.3, 0.4) is 0 Å². The number of alkyl halides is 3. The lowest BCUT2D eigenvalue weighted by Crippen LogP contribution is -2.08. The fourth-order valence-electron chi connectivity index (χ4n) is 1.14. The second-order valence-electron chi connectivity index (χ2n) is 2.88. The molecule has 1 aromatic carbocycles. The number of rotatable bonds is 5. The third-order valence-corrected chi connectivity index (χ3v) is 2.41. The van der Waals surface area contributed by atoms with E-state index in [4.69, 9.17) is 11.6 Å². The number of benzene rings is 1. The van der Waals surface area contributed by atoms with Crippen molar-refractivity contribution in [3.8, 4) is 5.75 Å². The molecular formula is C10H8BrClF2O2. The highest BCUT2D eigenvalue weighted by atomic mass is 79.9. The average Bonchev–Trinajstić information content (AvgIpc) is 2.16. The molecule has 2 nitrogen and oxygen atoms in total. The van der Waals surface area contributed by atoms with Gasteiger partial charge in [-0.25, -0.2) is 0 Å². The summed E-state index contributed by atoms with van der Waals surface area (Å²) in [5, 5.41) is 0.703. The Labute approximate surface area is 105 Å². The van der Waals surface area contributed by atoms with Gasteiger partial charge in [0.25, 0.3) is 0 Å². The van der Waals surface area contributed by atoms with Crippen LogP contribution < -0.4 is 4.74 Å². The van der Waals surface area contributed by atoms with Gasteiger partial charge < -0.3 is 4.74 Å². The van der Waals surface area contributed by atoms with E-state index in [1.165, 1.54) is 18.2 Å². The lowest BCUT2D eigenvalue weighted by Gasteiger charge is -2.09. The molecule has 0 bridgehead atoms. The highest BCUT2D eigenvalue weighted by Crippen LogP contribution is 2.26. The Bertz CT molecular complexity index is 385. The average molecular weight is 314 g/mol. The first kappa shape index (κ1) is 13.4. The quantitative estimate of drug-likeness (QED) is 0.608. The largest absolute Gasteiger partial charge is 0.434 e. The Kier molecular flexibility index (Phi) is 5.15. The molecule has 16 heavy (non-hydrogen) atoms. The summed E-state index contributed by atoms with van der Waals surface area (Å²) in [6, 6.07) is 4.04. The predicted octanol–water partition coefficient (Wildman–Crippen LogP) is 3.91. The van der Waals surface area contributed by atoms with Gasteiger partial charge in [-0.05, 0) is 18.2 Å². The second kappa shape index (κ2) is 6.15. The molecule has 0 N–H and O–H groups in total. The standard InChI is InChI=1S/C10H8BrClF2O2/c11-4-3-8(15)7-2-1-6(12)5-9(7)16-10(13)14/h1-2,5,10H,3-4H2. The molecule has 0 heterocycles. The van der Waals surface area contributed by atoms with Crippen LogP contribution in [0.4, 0.5) is 8.78 Å². The summed E-state index contributed by atoms with van der Waals surface area (Å²) in [7, 11) is 0. The van der Waals surface area contributed by atoms with E-state index < -0.39 is 6.61 Å². The molecular weight excluding hydrogens is 305 g/mol. The van der Waals surface area contributed by atoms with E-state index in [1.807, 2.05) is 0 Å². The van der Waals surface area contributed by atoms with Crippen LogP contribution in [-0.4, -0.2) is 17.7 Å². The van der Waals surface area contributed by atoms with Crippen LogP contribution >= 0.6 is 27.5 Å². The third kappa shape index (κ3) is 3.72. The van der Waals surface area contributed by atoms with Gasteiger partial charge in [0.05, 0.1) is 5.56 Å². The number of halogens is 4. The number of hydrogen-bond acceptors (Lipinski definition) is 2. The molecule has 0 saturated carbocycles. The zero-order valence-electron chi connectivity index (χ0n) is 8.05. The number of hydrogen-bond donors (Lipinski definition) is 0. The van der Waals surface area contributed by atoms with Gasteiger partial charge in [-0.2, -0.15) is 8.78 Å². The number of ether oxygens (including phenoxy) is 1. The van der Waals surface area contributed by atoms with Gasteiger partial charge in [-0.3, -0.25) is 4.79 Å². The van der Waals surface area contributed by atoms with E-state index in [1.54, 1.807) is 0 Å². The van der Waals surface area contributed by atoms with Crippen molar-refractivity contribution in [1.29, 1.82) is 0 Å². The second-order valence-corrected chi connectivity index (χ2v) is 4.11. The van der Waals surface area contributed by atoms with Crippen LogP contribution in [0.2, 0.25) is 5.02 Å². The van der Waals surface area contributed by atoms with Crippen molar-refractivity contribution < 1.29 is 18.3 Å². The van der Waals surface area contributed by atoms with E-state index >= 15 is 0 Å². The predicted molar refractivity (Wildman–Crippen MR) is 60.8 cm³/mol. The fourth-order valence-corrected chi connectivity index (χ4v) is 1.66. The van der Waals surface area contributed by atoms with Crippen LogP contribution in [0.15, 0.2) is 18.2 Å². The van der Waals surface area contributed by atoms with Crippen LogP contribution in [0.1, 0.15) is 16.8 Å². The summed E-state index contributed by atoms with van der Waals surface area (Å²) in [5.41, 5.74) is 0.115. The van der Waals surface area contributed by atoms with Crippen LogP contribution in [0.25, 0.3) is 0 Å². The number of ketones is 1. The Hall–Kier alpha value is -0.680. The summed E-state index contributed by atoms with van der Waals surface area (Å²) in [5.74, 6) is -0.461. The van der Waals surface area contributed by atoms with Crippen molar-refractivity contribution in [2.45, 2.75) is 13.0 Å². The van der Waals surface area contributed by atoms with E-state index in [2.05, 4.69) is 20.7 Å². The number of Topliss-reactive ketones (excluding diaryl/α,β-unsaturated/α-hetero) is 1. The first-order chi connectivity index (χ1) is 7.54. The van der Waals surface area contributed by atoms with Crippen LogP contribution in [0, 0.1) is 0 Å². The first-order valence-corrected chi connectivity index (χ1v) is 5.88. The normalized spacial score (nSPS) is 10.6. The fraction of sp³-hybridized carbons (Fsp3) is 0.300. The third-order valence-electron chi connectivity index (χ3n) is 1.78. The molecule has 0 aliphatic rings. The monoisotopic (exact) mass is 312 g/mol. The maximum atomic E-state index is 12.1. The summed E-state index contributed by atoms with van der Waals surface area (Å²) in [6.45, 7) is -2.98. The molecule has 0 aliphatic carbocycles. The zero-order chi connectivity index (χ0) is 12.1. The van der Waals surface area contributed by atoms with Gasteiger partial charge >= 0.3 is 6.61 Å². The molecule has 0 aromatic heterocycles. The van der Waals surface area contributed by atoms with E-state index in [9.17, 15) is 13.6 Å². The number of carbonyl (C=O) groups excluding carboxylic acids is 1. The van der Waals surface area contributed by atoms with Gasteiger partial charge in [0, 0.05) is 16.8 Å². The lowest BCUT2D eigenvalue weighted by molar-refractivity contribution is -0.0501. The smallest absolute Gasteiger partial charge is 0.387 e. The Morgan fingerprint density at radius 1 is 1.50 bits per heavy atom. The van der Waals surface area contributed by atoms with Crippen molar-refractivity contribution in [2.75, 3.05) is 5.33 Å². The Morgan fingerprint density at radius 2 is 2.19 bits per heavy atom. The molecule has 0 saturated heterocycles. The van der Waals surface area contributed by atoms with Gasteiger partial charge in [0.15, 0.2) is 5.78 Å². The minimum absolute atomic E-state index is 0.115. The molecule has 0 atom stereocenters. The summed E-state index contributed by atoms with van der Waals surface area (Å²) in [6.07, 6.45) is 0.210. The van der Waals surface area contributed by atoms with Crippen LogP contribution in [-0.2, 0) is 0 Å². The minimum Gasteiger partial charge on any atom is -0.434 e. The molecule has 0 radical (unpaired) electrons. The van der Waals surface area contributed by atoms with Gasteiger partial charge in [0.1, 0.15) is 5.75 Å². The molecule has 1 aromatic rings. The van der Waals surface area contributed by atoms with Crippen molar-refractivity contribution >= 4 is 33.3 Å². The zero-order valence-corrected chi connectivity index (χ0v) is 10.4. The van der Waals surface area contributed by atoms with Crippen molar-refractivity contribution in [1.82, 2.24) is 0 Å². The molecule has 6 heteroatoms. The maximum absolute atomic E-state index is 12.1. The minimum atomic E-state index is -2.98. The molecule has 88 valence electrons. The summed E-state index contributed by atoms with van der Waals surface area (Å²) < 4.78 is 28.4. The SMILES string of the molecule is O=C(CCBr)c1ccc(Cl)cc1OC(F)F. The van der Waals surface area contributed by atoms with Gasteiger partial charge in [-0.1, -0.05) is 27.5 Å². The highest BCUT2D eigenvalue weighted by Gasteiger charge is 2.15. The van der Waals surface area contributed by atoms with Gasteiger partial charge in [0.2, 0.25) is 0 Å². The van der Waals surface area contributed by atoms with E-state index in [0.29, 0.717) is 5.33 Å². The first-order valence-electron chi connectivity index (χ1n) is 4.38. The Morgan fingerprint density at radius 3 is 2.75 bits per heavy atom. The van der Waals surface area contributed by atoms with Gasteiger partial charge in [-0.15, -0.1) is 0 Å². The molecule has 0 aliphatic heterocycles. The summed E-state index contributed by atoms with van der Waals surface area (Å²) >= 11 is 8.74. The highest BCUT2D eigenvalue weighted by molar-refractivity contribution is 9.09. The van der Waals surface area contributed by atoms with E-state index in [0.717, 1.165) is 0 Å². The van der Waals surface area contributed by atoms with Crippen LogP contribution in [0.5, 0.6) is 5.75 Å². The van der Waals surface area contributed by atoms with E-state index in [-0.39, 0.29) is 28.5 Å². The molecule has 0 spiro atoms. The maximum Gasteiger partial charge on any atom is 0.387 e.